The zero-order valence-corrected chi connectivity index (χ0v) is 12.3. The predicted molar refractivity (Wildman–Crippen MR) is 79.4 cm³/mol. The molecule has 1 saturated carbocycles. The van der Waals surface area contributed by atoms with Gasteiger partial charge in [0.15, 0.2) is 0 Å². The number of nitro groups is 1. The Labute approximate surface area is 123 Å². The molecule has 0 radical (unpaired) electrons. The van der Waals surface area contributed by atoms with Gasteiger partial charge in [-0.25, -0.2) is 4.98 Å². The largest absolute Gasteiger partial charge is 0.370 e. The van der Waals surface area contributed by atoms with E-state index < -0.39 is 4.92 Å². The van der Waals surface area contributed by atoms with E-state index in [0.29, 0.717) is 12.4 Å². The number of hydrogen-bond acceptors (Lipinski definition) is 5. The molecule has 7 nitrogen and oxygen atoms in total. The second-order valence-electron chi connectivity index (χ2n) is 5.23. The van der Waals surface area contributed by atoms with Gasteiger partial charge in [0.05, 0.1) is 4.92 Å². The topological polar surface area (TPSA) is 88.4 Å². The van der Waals surface area contributed by atoms with Crippen LogP contribution in [0.25, 0.3) is 0 Å². The highest BCUT2D eigenvalue weighted by Crippen LogP contribution is 2.27. The number of carbonyl (C=O) groups excluding carboxylic acids is 1. The van der Waals surface area contributed by atoms with Crippen molar-refractivity contribution in [3.8, 4) is 0 Å². The molecule has 0 atom stereocenters. The minimum Gasteiger partial charge on any atom is -0.370 e. The molecule has 0 bridgehead atoms. The molecule has 0 unspecified atom stereocenters. The Kier molecular flexibility index (Phi) is 4.72. The third-order valence-corrected chi connectivity index (χ3v) is 3.86. The molecule has 21 heavy (non-hydrogen) atoms. The van der Waals surface area contributed by atoms with Crippen molar-refractivity contribution in [3.05, 3.63) is 27.9 Å². The van der Waals surface area contributed by atoms with Gasteiger partial charge in [-0.3, -0.25) is 14.9 Å². The molecule has 0 spiro atoms. The number of carbonyl (C=O) groups is 1. The van der Waals surface area contributed by atoms with Crippen LogP contribution in [0.4, 0.5) is 11.5 Å². The highest BCUT2D eigenvalue weighted by atomic mass is 16.6. The van der Waals surface area contributed by atoms with Crippen molar-refractivity contribution in [3.63, 3.8) is 0 Å². The van der Waals surface area contributed by atoms with Crippen molar-refractivity contribution < 1.29 is 9.72 Å². The molecular formula is C14H20N4O3. The lowest BCUT2D eigenvalue weighted by atomic mass is 10.1. The Hall–Kier alpha value is -2.18. The van der Waals surface area contributed by atoms with E-state index in [9.17, 15) is 14.9 Å². The molecule has 0 aliphatic heterocycles. The van der Waals surface area contributed by atoms with Gasteiger partial charge in [-0.2, -0.15) is 0 Å². The van der Waals surface area contributed by atoms with Gasteiger partial charge in [0.25, 0.3) is 11.6 Å². The summed E-state index contributed by atoms with van der Waals surface area (Å²) in [5, 5.41) is 14.1. The van der Waals surface area contributed by atoms with Crippen LogP contribution in [-0.2, 0) is 0 Å². The summed E-state index contributed by atoms with van der Waals surface area (Å²) in [6, 6.07) is 1.64. The molecule has 1 aromatic heterocycles. The summed E-state index contributed by atoms with van der Waals surface area (Å²) in [4.78, 5) is 28.7. The molecule has 114 valence electrons. The van der Waals surface area contributed by atoms with Gasteiger partial charge in [-0.1, -0.05) is 12.8 Å². The fraction of sp³-hybridized carbons (Fsp3) is 0.571. The fourth-order valence-corrected chi connectivity index (χ4v) is 2.69. The average molecular weight is 292 g/mol. The monoisotopic (exact) mass is 292 g/mol. The first-order chi connectivity index (χ1) is 10.0. The van der Waals surface area contributed by atoms with E-state index in [4.69, 9.17) is 0 Å². The van der Waals surface area contributed by atoms with Crippen LogP contribution in [0.2, 0.25) is 0 Å². The number of aromatic nitrogens is 1. The summed E-state index contributed by atoms with van der Waals surface area (Å²) < 4.78 is 0. The second kappa shape index (κ2) is 6.51. The first kappa shape index (κ1) is 15.2. The van der Waals surface area contributed by atoms with Crippen molar-refractivity contribution in [2.24, 2.45) is 0 Å². The molecule has 0 aromatic carbocycles. The highest BCUT2D eigenvalue weighted by Gasteiger charge is 2.29. The van der Waals surface area contributed by atoms with Crippen molar-refractivity contribution in [2.75, 3.05) is 18.9 Å². The fourth-order valence-electron chi connectivity index (χ4n) is 2.69. The number of nitrogens with zero attached hydrogens (tertiary/aromatic N) is 3. The molecule has 2 rings (SSSR count). The molecule has 1 amide bonds. The van der Waals surface area contributed by atoms with Crippen LogP contribution in [0.1, 0.15) is 43.0 Å². The zero-order valence-electron chi connectivity index (χ0n) is 12.3. The summed E-state index contributed by atoms with van der Waals surface area (Å²) >= 11 is 0. The maximum absolute atomic E-state index is 12.6. The normalized spacial score (nSPS) is 15.0. The molecule has 1 aliphatic rings. The van der Waals surface area contributed by atoms with Crippen LogP contribution in [0, 0.1) is 10.1 Å². The lowest BCUT2D eigenvalue weighted by Crippen LogP contribution is -2.35. The third-order valence-electron chi connectivity index (χ3n) is 3.86. The summed E-state index contributed by atoms with van der Waals surface area (Å²) in [5.41, 5.74) is -0.146. The van der Waals surface area contributed by atoms with Crippen LogP contribution in [0.5, 0.6) is 0 Å². The lowest BCUT2D eigenvalue weighted by Gasteiger charge is -2.24. The zero-order chi connectivity index (χ0) is 15.4. The Morgan fingerprint density at radius 1 is 1.52 bits per heavy atom. The van der Waals surface area contributed by atoms with E-state index in [1.807, 2.05) is 6.92 Å². The van der Waals surface area contributed by atoms with Crippen molar-refractivity contribution in [1.29, 1.82) is 0 Å². The minimum atomic E-state index is -0.557. The summed E-state index contributed by atoms with van der Waals surface area (Å²) in [6.07, 6.45) is 5.27. The van der Waals surface area contributed by atoms with E-state index in [-0.39, 0.29) is 23.2 Å². The first-order valence-corrected chi connectivity index (χ1v) is 7.20. The molecule has 1 N–H and O–H groups in total. The minimum absolute atomic E-state index is 0.0975. The van der Waals surface area contributed by atoms with Crippen LogP contribution >= 0.6 is 0 Å². The van der Waals surface area contributed by atoms with E-state index in [1.165, 1.54) is 6.07 Å². The van der Waals surface area contributed by atoms with Gasteiger partial charge in [-0.05, 0) is 19.8 Å². The van der Waals surface area contributed by atoms with E-state index in [1.54, 1.807) is 11.9 Å². The number of rotatable bonds is 5. The van der Waals surface area contributed by atoms with Crippen molar-refractivity contribution >= 4 is 17.4 Å². The second-order valence-corrected chi connectivity index (χ2v) is 5.23. The lowest BCUT2D eigenvalue weighted by molar-refractivity contribution is -0.385. The summed E-state index contributed by atoms with van der Waals surface area (Å²) in [5.74, 6) is 0.168. The van der Waals surface area contributed by atoms with E-state index in [2.05, 4.69) is 10.3 Å². The van der Waals surface area contributed by atoms with Gasteiger partial charge in [0.1, 0.15) is 17.6 Å². The molecule has 0 saturated heterocycles. The van der Waals surface area contributed by atoms with Crippen LogP contribution in [0.3, 0.4) is 0 Å². The average Bonchev–Trinajstić information content (AvgIpc) is 3.00. The third kappa shape index (κ3) is 3.29. The van der Waals surface area contributed by atoms with Gasteiger partial charge >= 0.3 is 0 Å². The van der Waals surface area contributed by atoms with Crippen molar-refractivity contribution in [1.82, 2.24) is 9.88 Å². The van der Waals surface area contributed by atoms with Gasteiger partial charge in [0.2, 0.25) is 0 Å². The Bertz CT molecular complexity index is 541. The standard InChI is InChI=1S/C14H20N4O3/c1-3-15-13-8-11(12(9-16-13)18(20)21)14(19)17(2)10-6-4-5-7-10/h8-10H,3-7H2,1-2H3,(H,15,16). The summed E-state index contributed by atoms with van der Waals surface area (Å²) in [6.45, 7) is 2.53. The highest BCUT2D eigenvalue weighted by molar-refractivity contribution is 5.98. The molecule has 1 aliphatic carbocycles. The number of anilines is 1. The number of nitrogens with one attached hydrogen (secondary N) is 1. The number of hydrogen-bond donors (Lipinski definition) is 1. The van der Waals surface area contributed by atoms with Crippen LogP contribution < -0.4 is 5.32 Å². The molecule has 1 fully saturated rings. The maximum atomic E-state index is 12.6. The van der Waals surface area contributed by atoms with Crippen molar-refractivity contribution in [2.45, 2.75) is 38.6 Å². The molecule has 7 heteroatoms. The maximum Gasteiger partial charge on any atom is 0.300 e. The molecule has 1 aromatic rings. The van der Waals surface area contributed by atoms with Gasteiger partial charge in [-0.15, -0.1) is 0 Å². The van der Waals surface area contributed by atoms with Crippen LogP contribution in [0.15, 0.2) is 12.3 Å². The van der Waals surface area contributed by atoms with Crippen LogP contribution in [-0.4, -0.2) is 40.3 Å². The molecule has 1 heterocycles. The molecular weight excluding hydrogens is 272 g/mol. The quantitative estimate of drug-likeness (QED) is 0.665. The Balaban J connectivity index is 2.32. The number of pyridine rings is 1. The number of amides is 1. The Morgan fingerprint density at radius 3 is 2.76 bits per heavy atom. The smallest absolute Gasteiger partial charge is 0.300 e. The van der Waals surface area contributed by atoms with Gasteiger partial charge in [0, 0.05) is 25.7 Å². The van der Waals surface area contributed by atoms with E-state index in [0.717, 1.165) is 31.9 Å². The predicted octanol–water partition coefficient (Wildman–Crippen LogP) is 2.44. The first-order valence-electron chi connectivity index (χ1n) is 7.20. The SMILES string of the molecule is CCNc1cc(C(=O)N(C)C2CCCC2)c([N+](=O)[O-])cn1. The summed E-state index contributed by atoms with van der Waals surface area (Å²) in [7, 11) is 1.72. The Morgan fingerprint density at radius 2 is 2.19 bits per heavy atom. The van der Waals surface area contributed by atoms with Gasteiger partial charge < -0.3 is 10.2 Å². The van der Waals surface area contributed by atoms with E-state index >= 15 is 0 Å².